The van der Waals surface area contributed by atoms with E-state index in [4.69, 9.17) is 14.2 Å². The number of carbonyl (C=O) groups is 1. The van der Waals surface area contributed by atoms with Gasteiger partial charge < -0.3 is 24.4 Å². The van der Waals surface area contributed by atoms with E-state index in [2.05, 4.69) is 10.2 Å². The van der Waals surface area contributed by atoms with E-state index in [1.165, 1.54) is 0 Å². The number of anilines is 2. The number of ether oxygens (including phenoxy) is 3. The van der Waals surface area contributed by atoms with Crippen molar-refractivity contribution in [1.29, 1.82) is 0 Å². The molecule has 2 aromatic carbocycles. The maximum Gasteiger partial charge on any atom is 0.269 e. The number of hydrogen-bond donors (Lipinski definition) is 1. The molecule has 2 aromatic rings. The normalized spacial score (nSPS) is 19.4. The number of para-hydroxylation sites is 4. The lowest BCUT2D eigenvalue weighted by Gasteiger charge is -2.31. The Balaban J connectivity index is 1.48. The molecular formula is C19H20N2O4. The number of benzene rings is 2. The second-order valence-corrected chi connectivity index (χ2v) is 5.97. The van der Waals surface area contributed by atoms with Crippen molar-refractivity contribution in [1.82, 2.24) is 0 Å². The lowest BCUT2D eigenvalue weighted by Crippen LogP contribution is -2.41. The molecule has 1 fully saturated rings. The SMILES string of the molecule is O=C(Nc1ccccc1N1CCOCC1)[C@H]1COc2ccccc2O1. The summed E-state index contributed by atoms with van der Waals surface area (Å²) in [7, 11) is 0. The Morgan fingerprint density at radius 2 is 1.72 bits per heavy atom. The molecule has 0 aliphatic carbocycles. The second kappa shape index (κ2) is 7.03. The molecule has 4 rings (SSSR count). The molecule has 2 heterocycles. The first-order valence-electron chi connectivity index (χ1n) is 8.42. The molecule has 0 spiro atoms. The zero-order valence-corrected chi connectivity index (χ0v) is 13.8. The number of amides is 1. The fourth-order valence-electron chi connectivity index (χ4n) is 3.02. The average Bonchev–Trinajstić information content (AvgIpc) is 2.68. The van der Waals surface area contributed by atoms with E-state index in [9.17, 15) is 4.79 Å². The van der Waals surface area contributed by atoms with Crippen LogP contribution in [0.3, 0.4) is 0 Å². The van der Waals surface area contributed by atoms with Crippen molar-refractivity contribution < 1.29 is 19.0 Å². The highest BCUT2D eigenvalue weighted by molar-refractivity contribution is 5.97. The summed E-state index contributed by atoms with van der Waals surface area (Å²) in [4.78, 5) is 14.9. The molecule has 2 aliphatic rings. The monoisotopic (exact) mass is 340 g/mol. The number of carbonyl (C=O) groups excluding carboxylic acids is 1. The maximum absolute atomic E-state index is 12.7. The van der Waals surface area contributed by atoms with Crippen LogP contribution in [0.5, 0.6) is 11.5 Å². The van der Waals surface area contributed by atoms with Gasteiger partial charge in [0.1, 0.15) is 6.61 Å². The van der Waals surface area contributed by atoms with Crippen LogP contribution in [0.2, 0.25) is 0 Å². The van der Waals surface area contributed by atoms with E-state index < -0.39 is 6.10 Å². The largest absolute Gasteiger partial charge is 0.485 e. The van der Waals surface area contributed by atoms with Gasteiger partial charge >= 0.3 is 0 Å². The van der Waals surface area contributed by atoms with E-state index in [1.54, 1.807) is 6.07 Å². The van der Waals surface area contributed by atoms with Gasteiger partial charge in [0.25, 0.3) is 5.91 Å². The van der Waals surface area contributed by atoms with Gasteiger partial charge in [-0.3, -0.25) is 4.79 Å². The number of nitrogens with zero attached hydrogens (tertiary/aromatic N) is 1. The third-order valence-electron chi connectivity index (χ3n) is 4.31. The summed E-state index contributed by atoms with van der Waals surface area (Å²) in [6, 6.07) is 15.2. The standard InChI is InChI=1S/C19H20N2O4/c22-19(18-13-24-16-7-3-4-8-17(16)25-18)20-14-5-1-2-6-15(14)21-9-11-23-12-10-21/h1-8,18H,9-13H2,(H,20,22)/t18-/m1/s1. The summed E-state index contributed by atoms with van der Waals surface area (Å²) in [6.45, 7) is 3.20. The Morgan fingerprint density at radius 3 is 2.56 bits per heavy atom. The lowest BCUT2D eigenvalue weighted by atomic mass is 10.2. The number of rotatable bonds is 3. The van der Waals surface area contributed by atoms with Crippen LogP contribution in [0.4, 0.5) is 11.4 Å². The molecule has 0 bridgehead atoms. The predicted molar refractivity (Wildman–Crippen MR) is 94.5 cm³/mol. The molecule has 2 aliphatic heterocycles. The topological polar surface area (TPSA) is 60.0 Å². The summed E-state index contributed by atoms with van der Waals surface area (Å²) < 4.78 is 16.8. The summed E-state index contributed by atoms with van der Waals surface area (Å²) in [5, 5.41) is 2.98. The first kappa shape index (κ1) is 15.8. The number of nitrogens with one attached hydrogen (secondary N) is 1. The first-order chi connectivity index (χ1) is 12.3. The van der Waals surface area contributed by atoms with Gasteiger partial charge in [-0.05, 0) is 24.3 Å². The van der Waals surface area contributed by atoms with Gasteiger partial charge in [0.15, 0.2) is 11.5 Å². The van der Waals surface area contributed by atoms with Crippen LogP contribution in [-0.4, -0.2) is 44.9 Å². The van der Waals surface area contributed by atoms with Crippen LogP contribution in [0.1, 0.15) is 0 Å². The molecule has 1 amide bonds. The van der Waals surface area contributed by atoms with Crippen LogP contribution in [0.15, 0.2) is 48.5 Å². The van der Waals surface area contributed by atoms with E-state index in [-0.39, 0.29) is 12.5 Å². The van der Waals surface area contributed by atoms with Crippen molar-refractivity contribution in [3.63, 3.8) is 0 Å². The first-order valence-corrected chi connectivity index (χ1v) is 8.42. The van der Waals surface area contributed by atoms with Crippen molar-refractivity contribution in [2.45, 2.75) is 6.10 Å². The van der Waals surface area contributed by atoms with Crippen molar-refractivity contribution in [2.24, 2.45) is 0 Å². The quantitative estimate of drug-likeness (QED) is 0.929. The van der Waals surface area contributed by atoms with Gasteiger partial charge in [-0.2, -0.15) is 0 Å². The van der Waals surface area contributed by atoms with Crippen molar-refractivity contribution in [3.05, 3.63) is 48.5 Å². The Kier molecular flexibility index (Phi) is 4.43. The molecule has 1 saturated heterocycles. The third kappa shape index (κ3) is 3.39. The molecule has 0 radical (unpaired) electrons. The molecule has 0 aromatic heterocycles. The van der Waals surface area contributed by atoms with Crippen molar-refractivity contribution >= 4 is 17.3 Å². The predicted octanol–water partition coefficient (Wildman–Crippen LogP) is 2.30. The fraction of sp³-hybridized carbons (Fsp3) is 0.316. The molecular weight excluding hydrogens is 320 g/mol. The molecule has 6 nitrogen and oxygen atoms in total. The zero-order chi connectivity index (χ0) is 17.1. The highest BCUT2D eigenvalue weighted by atomic mass is 16.6. The molecule has 25 heavy (non-hydrogen) atoms. The number of fused-ring (bicyclic) bond motifs is 1. The highest BCUT2D eigenvalue weighted by Crippen LogP contribution is 2.32. The molecule has 0 saturated carbocycles. The van der Waals surface area contributed by atoms with E-state index in [1.807, 2.05) is 42.5 Å². The van der Waals surface area contributed by atoms with E-state index in [0.717, 1.165) is 24.5 Å². The Labute approximate surface area is 146 Å². The zero-order valence-electron chi connectivity index (χ0n) is 13.8. The van der Waals surface area contributed by atoms with Gasteiger partial charge in [-0.15, -0.1) is 0 Å². The van der Waals surface area contributed by atoms with Gasteiger partial charge in [-0.1, -0.05) is 24.3 Å². The fourth-order valence-corrected chi connectivity index (χ4v) is 3.02. The number of hydrogen-bond acceptors (Lipinski definition) is 5. The second-order valence-electron chi connectivity index (χ2n) is 5.97. The Bertz CT molecular complexity index is 759. The third-order valence-corrected chi connectivity index (χ3v) is 4.31. The lowest BCUT2D eigenvalue weighted by molar-refractivity contribution is -0.125. The average molecular weight is 340 g/mol. The minimum absolute atomic E-state index is 0.197. The van der Waals surface area contributed by atoms with Crippen molar-refractivity contribution in [2.75, 3.05) is 43.1 Å². The van der Waals surface area contributed by atoms with Gasteiger partial charge in [0, 0.05) is 13.1 Å². The summed E-state index contributed by atoms with van der Waals surface area (Å²) in [5.41, 5.74) is 1.77. The van der Waals surface area contributed by atoms with E-state index in [0.29, 0.717) is 24.7 Å². The van der Waals surface area contributed by atoms with Crippen LogP contribution < -0.4 is 19.7 Å². The molecule has 130 valence electrons. The molecule has 0 unspecified atom stereocenters. The molecule has 6 heteroatoms. The number of morpholine rings is 1. The van der Waals surface area contributed by atoms with Crippen LogP contribution in [0, 0.1) is 0 Å². The Morgan fingerprint density at radius 1 is 1.00 bits per heavy atom. The Hall–Kier alpha value is -2.73. The minimum Gasteiger partial charge on any atom is -0.485 e. The van der Waals surface area contributed by atoms with Crippen LogP contribution in [-0.2, 0) is 9.53 Å². The van der Waals surface area contributed by atoms with Gasteiger partial charge in [0.05, 0.1) is 24.6 Å². The van der Waals surface area contributed by atoms with Crippen LogP contribution >= 0.6 is 0 Å². The molecule has 1 atom stereocenters. The molecule has 1 N–H and O–H groups in total. The van der Waals surface area contributed by atoms with Crippen molar-refractivity contribution in [3.8, 4) is 11.5 Å². The maximum atomic E-state index is 12.7. The minimum atomic E-state index is -0.673. The van der Waals surface area contributed by atoms with E-state index >= 15 is 0 Å². The highest BCUT2D eigenvalue weighted by Gasteiger charge is 2.28. The summed E-state index contributed by atoms with van der Waals surface area (Å²) in [6.07, 6.45) is -0.673. The van der Waals surface area contributed by atoms with Gasteiger partial charge in [0.2, 0.25) is 6.10 Å². The van der Waals surface area contributed by atoms with Gasteiger partial charge in [-0.25, -0.2) is 0 Å². The summed E-state index contributed by atoms with van der Waals surface area (Å²) in [5.74, 6) is 1.05. The van der Waals surface area contributed by atoms with Crippen LogP contribution in [0.25, 0.3) is 0 Å². The summed E-state index contributed by atoms with van der Waals surface area (Å²) >= 11 is 0. The smallest absolute Gasteiger partial charge is 0.269 e.